The Kier molecular flexibility index (Phi) is 3.93. The number of aryl methyl sites for hydroxylation is 2. The average molecular weight is 282 g/mol. The number of hydrogen-bond acceptors (Lipinski definition) is 3. The van der Waals surface area contributed by atoms with Gasteiger partial charge in [-0.3, -0.25) is 0 Å². The summed E-state index contributed by atoms with van der Waals surface area (Å²) in [7, 11) is 0. The van der Waals surface area contributed by atoms with Crippen molar-refractivity contribution in [3.05, 3.63) is 53.2 Å². The van der Waals surface area contributed by atoms with Crippen molar-refractivity contribution in [3.63, 3.8) is 0 Å². The lowest BCUT2D eigenvalue weighted by molar-refractivity contribution is 0.172. The predicted molar refractivity (Wildman–Crippen MR) is 86.0 cm³/mol. The molecule has 1 aromatic heterocycles. The molecule has 21 heavy (non-hydrogen) atoms. The van der Waals surface area contributed by atoms with Crippen LogP contribution >= 0.6 is 0 Å². The van der Waals surface area contributed by atoms with Gasteiger partial charge in [0.05, 0.1) is 6.10 Å². The Balaban J connectivity index is 1.97. The molecule has 3 nitrogen and oxygen atoms in total. The Hall–Kier alpha value is -1.87. The number of rotatable bonds is 3. The molecule has 110 valence electrons. The predicted octanol–water partition coefficient (Wildman–Crippen LogP) is 3.92. The van der Waals surface area contributed by atoms with Crippen molar-refractivity contribution < 1.29 is 5.11 Å². The summed E-state index contributed by atoms with van der Waals surface area (Å²) < 4.78 is 0. The molecule has 0 saturated carbocycles. The first-order valence-electron chi connectivity index (χ1n) is 7.70. The van der Waals surface area contributed by atoms with Gasteiger partial charge in [0.2, 0.25) is 0 Å². The molecule has 1 aromatic carbocycles. The Morgan fingerprint density at radius 2 is 2.14 bits per heavy atom. The van der Waals surface area contributed by atoms with Gasteiger partial charge < -0.3 is 10.0 Å². The fourth-order valence-corrected chi connectivity index (χ4v) is 3.04. The molecule has 1 aliphatic heterocycles. The molecule has 0 radical (unpaired) electrons. The zero-order valence-electron chi connectivity index (χ0n) is 12.7. The van der Waals surface area contributed by atoms with Gasteiger partial charge in [0, 0.05) is 24.0 Å². The van der Waals surface area contributed by atoms with E-state index in [0.29, 0.717) is 6.42 Å². The molecule has 0 bridgehead atoms. The third kappa shape index (κ3) is 2.66. The van der Waals surface area contributed by atoms with Gasteiger partial charge in [-0.25, -0.2) is 4.98 Å². The minimum atomic E-state index is -0.416. The van der Waals surface area contributed by atoms with E-state index < -0.39 is 6.10 Å². The van der Waals surface area contributed by atoms with Gasteiger partial charge >= 0.3 is 0 Å². The Bertz CT molecular complexity index is 639. The molecule has 0 aliphatic carbocycles. The maximum absolute atomic E-state index is 10.0. The van der Waals surface area contributed by atoms with Gasteiger partial charge in [0.25, 0.3) is 0 Å². The highest BCUT2D eigenvalue weighted by molar-refractivity contribution is 5.65. The summed E-state index contributed by atoms with van der Waals surface area (Å²) in [4.78, 5) is 6.88. The molecule has 0 unspecified atom stereocenters. The van der Waals surface area contributed by atoms with E-state index in [1.54, 1.807) is 0 Å². The molecule has 2 aromatic rings. The van der Waals surface area contributed by atoms with Gasteiger partial charge in [-0.15, -0.1) is 0 Å². The molecule has 3 rings (SSSR count). The summed E-state index contributed by atoms with van der Waals surface area (Å²) in [5, 5.41) is 10.0. The van der Waals surface area contributed by atoms with Gasteiger partial charge in [-0.1, -0.05) is 25.1 Å². The van der Waals surface area contributed by atoms with E-state index in [9.17, 15) is 5.11 Å². The monoisotopic (exact) mass is 282 g/mol. The third-order valence-corrected chi connectivity index (χ3v) is 4.27. The van der Waals surface area contributed by atoms with Crippen LogP contribution in [0.5, 0.6) is 0 Å². The quantitative estimate of drug-likeness (QED) is 0.927. The number of aliphatic hydroxyl groups excluding tert-OH is 1. The van der Waals surface area contributed by atoms with Crippen LogP contribution in [-0.4, -0.2) is 16.6 Å². The zero-order valence-corrected chi connectivity index (χ0v) is 12.7. The highest BCUT2D eigenvalue weighted by Gasteiger charge is 2.19. The van der Waals surface area contributed by atoms with Crippen LogP contribution in [0.2, 0.25) is 0 Å². The van der Waals surface area contributed by atoms with Crippen LogP contribution in [0.3, 0.4) is 0 Å². The van der Waals surface area contributed by atoms with E-state index in [1.165, 1.54) is 11.3 Å². The van der Waals surface area contributed by atoms with Crippen molar-refractivity contribution in [2.45, 2.75) is 39.2 Å². The topological polar surface area (TPSA) is 36.4 Å². The number of aliphatic hydroxyl groups is 1. The minimum absolute atomic E-state index is 0.416. The molecule has 1 N–H and O–H groups in total. The zero-order chi connectivity index (χ0) is 14.8. The van der Waals surface area contributed by atoms with Gasteiger partial charge in [0.15, 0.2) is 0 Å². The van der Waals surface area contributed by atoms with Crippen molar-refractivity contribution in [2.75, 3.05) is 11.4 Å². The Morgan fingerprint density at radius 3 is 2.90 bits per heavy atom. The van der Waals surface area contributed by atoms with Gasteiger partial charge in [0.1, 0.15) is 5.82 Å². The second-order valence-corrected chi connectivity index (χ2v) is 5.71. The van der Waals surface area contributed by atoms with Crippen molar-refractivity contribution in [1.29, 1.82) is 0 Å². The summed E-state index contributed by atoms with van der Waals surface area (Å²) in [6, 6.07) is 10.6. The first-order chi connectivity index (χ1) is 10.2. The van der Waals surface area contributed by atoms with Gasteiger partial charge in [-0.05, 0) is 49.4 Å². The largest absolute Gasteiger partial charge is 0.388 e. The molecule has 1 aliphatic rings. The Labute approximate surface area is 126 Å². The lowest BCUT2D eigenvalue weighted by atomic mass is 10.0. The molecular formula is C18H22N2O. The van der Waals surface area contributed by atoms with E-state index in [-0.39, 0.29) is 0 Å². The van der Waals surface area contributed by atoms with Gasteiger partial charge in [-0.2, -0.15) is 0 Å². The summed E-state index contributed by atoms with van der Waals surface area (Å²) in [5.41, 5.74) is 4.70. The maximum Gasteiger partial charge on any atom is 0.133 e. The molecule has 2 heterocycles. The lowest BCUT2D eigenvalue weighted by Gasteiger charge is -2.31. The molecule has 0 amide bonds. The second-order valence-electron chi connectivity index (χ2n) is 5.71. The molecular weight excluding hydrogens is 260 g/mol. The van der Waals surface area contributed by atoms with Crippen LogP contribution in [0.15, 0.2) is 36.5 Å². The fraction of sp³-hybridized carbons (Fsp3) is 0.389. The first-order valence-corrected chi connectivity index (χ1v) is 7.70. The normalized spacial score (nSPS) is 15.7. The van der Waals surface area contributed by atoms with E-state index in [4.69, 9.17) is 0 Å². The van der Waals surface area contributed by atoms with Crippen molar-refractivity contribution in [2.24, 2.45) is 0 Å². The smallest absolute Gasteiger partial charge is 0.133 e. The van der Waals surface area contributed by atoms with Crippen LogP contribution in [0.4, 0.5) is 11.5 Å². The molecule has 3 heteroatoms. The Morgan fingerprint density at radius 1 is 1.33 bits per heavy atom. The summed E-state index contributed by atoms with van der Waals surface area (Å²) >= 11 is 0. The van der Waals surface area contributed by atoms with Crippen LogP contribution in [0.1, 0.15) is 42.6 Å². The fourth-order valence-electron chi connectivity index (χ4n) is 3.04. The maximum atomic E-state index is 10.0. The van der Waals surface area contributed by atoms with E-state index >= 15 is 0 Å². The standard InChI is InChI=1S/C18H22N2O/c1-3-17(21)15-12-19-18(11-13(15)2)20-10-6-8-14-7-4-5-9-16(14)20/h4-5,7,9,11-12,17,21H,3,6,8,10H2,1-2H3/t17-/m0/s1. The number of pyridine rings is 1. The van der Waals surface area contributed by atoms with Crippen molar-refractivity contribution in [3.8, 4) is 0 Å². The van der Waals surface area contributed by atoms with Crippen LogP contribution in [0.25, 0.3) is 0 Å². The number of para-hydroxylation sites is 1. The third-order valence-electron chi connectivity index (χ3n) is 4.27. The number of nitrogens with zero attached hydrogens (tertiary/aromatic N) is 2. The van der Waals surface area contributed by atoms with Crippen LogP contribution in [0, 0.1) is 6.92 Å². The number of benzene rings is 1. The number of hydrogen-bond donors (Lipinski definition) is 1. The molecule has 0 spiro atoms. The lowest BCUT2D eigenvalue weighted by Crippen LogP contribution is -2.25. The second kappa shape index (κ2) is 5.86. The van der Waals surface area contributed by atoms with Crippen LogP contribution < -0.4 is 4.90 Å². The molecule has 1 atom stereocenters. The molecule has 0 fully saturated rings. The van der Waals surface area contributed by atoms with Crippen molar-refractivity contribution >= 4 is 11.5 Å². The summed E-state index contributed by atoms with van der Waals surface area (Å²) in [5.74, 6) is 0.978. The highest BCUT2D eigenvalue weighted by Crippen LogP contribution is 2.33. The summed E-state index contributed by atoms with van der Waals surface area (Å²) in [6.07, 6.45) is 4.42. The van der Waals surface area contributed by atoms with Crippen molar-refractivity contribution in [1.82, 2.24) is 4.98 Å². The SMILES string of the molecule is CC[C@H](O)c1cnc(N2CCCc3ccccc32)cc1C. The van der Waals surface area contributed by atoms with E-state index in [1.807, 2.05) is 13.1 Å². The van der Waals surface area contributed by atoms with E-state index in [0.717, 1.165) is 36.3 Å². The van der Waals surface area contributed by atoms with Crippen LogP contribution in [-0.2, 0) is 6.42 Å². The molecule has 0 saturated heterocycles. The minimum Gasteiger partial charge on any atom is -0.388 e. The number of aromatic nitrogens is 1. The summed E-state index contributed by atoms with van der Waals surface area (Å²) in [6.45, 7) is 5.03. The highest BCUT2D eigenvalue weighted by atomic mass is 16.3. The first kappa shape index (κ1) is 14.1. The average Bonchev–Trinajstić information content (AvgIpc) is 2.53. The number of fused-ring (bicyclic) bond motifs is 1. The number of anilines is 2. The van der Waals surface area contributed by atoms with E-state index in [2.05, 4.69) is 47.1 Å².